The average Bonchev–Trinajstić information content (AvgIpc) is 2.29. The predicted molar refractivity (Wildman–Crippen MR) is 67.6 cm³/mol. The highest BCUT2D eigenvalue weighted by atomic mass is 16.4. The Morgan fingerprint density at radius 2 is 2.06 bits per heavy atom. The molecule has 1 aromatic carbocycles. The molecular formula is C13H18N2O2. The third kappa shape index (κ3) is 2.42. The van der Waals surface area contributed by atoms with Crippen molar-refractivity contribution < 1.29 is 9.90 Å². The molecule has 1 aromatic rings. The minimum atomic E-state index is -0.777. The van der Waals surface area contributed by atoms with Gasteiger partial charge in [0.1, 0.15) is 6.04 Å². The Hall–Kier alpha value is -1.55. The van der Waals surface area contributed by atoms with Gasteiger partial charge in [-0.3, -0.25) is 4.79 Å². The molecule has 2 N–H and O–H groups in total. The van der Waals surface area contributed by atoms with E-state index in [4.69, 9.17) is 5.11 Å². The van der Waals surface area contributed by atoms with E-state index in [1.54, 1.807) is 0 Å². The Kier molecular flexibility index (Phi) is 3.33. The van der Waals surface area contributed by atoms with Gasteiger partial charge in [-0.05, 0) is 25.0 Å². The lowest BCUT2D eigenvalue weighted by molar-refractivity contribution is -0.139. The molecule has 17 heavy (non-hydrogen) atoms. The van der Waals surface area contributed by atoms with Crippen LogP contribution in [-0.2, 0) is 4.79 Å². The minimum absolute atomic E-state index is 0.470. The number of carbonyl (C=O) groups is 1. The topological polar surface area (TPSA) is 52.6 Å². The standard InChI is InChI=1S/C13H18N2O2/c1-9-4-3-5-10(2)12(9)15-7-6-14-11(8-15)13(16)17/h3-5,11,14H,6-8H2,1-2H3,(H,16,17). The Bertz CT molecular complexity index is 411. The summed E-state index contributed by atoms with van der Waals surface area (Å²) < 4.78 is 0. The van der Waals surface area contributed by atoms with Crippen LogP contribution < -0.4 is 10.2 Å². The van der Waals surface area contributed by atoms with Crippen LogP contribution in [-0.4, -0.2) is 36.8 Å². The summed E-state index contributed by atoms with van der Waals surface area (Å²) in [5, 5.41) is 12.1. The molecule has 0 aromatic heterocycles. The van der Waals surface area contributed by atoms with Crippen molar-refractivity contribution in [2.24, 2.45) is 0 Å². The van der Waals surface area contributed by atoms with E-state index in [2.05, 4.69) is 36.2 Å². The fraction of sp³-hybridized carbons (Fsp3) is 0.462. The van der Waals surface area contributed by atoms with Crippen LogP contribution in [0.1, 0.15) is 11.1 Å². The van der Waals surface area contributed by atoms with Crippen LogP contribution in [0.5, 0.6) is 0 Å². The molecule has 0 bridgehead atoms. The molecule has 1 unspecified atom stereocenters. The average molecular weight is 234 g/mol. The zero-order valence-corrected chi connectivity index (χ0v) is 10.2. The number of piperazine rings is 1. The number of nitrogens with zero attached hydrogens (tertiary/aromatic N) is 1. The third-order valence-electron chi connectivity index (χ3n) is 3.23. The summed E-state index contributed by atoms with van der Waals surface area (Å²) in [5.74, 6) is -0.777. The summed E-state index contributed by atoms with van der Waals surface area (Å²) in [4.78, 5) is 13.2. The number of aliphatic carboxylic acids is 1. The van der Waals surface area contributed by atoms with Gasteiger partial charge in [0.15, 0.2) is 0 Å². The van der Waals surface area contributed by atoms with E-state index in [1.807, 2.05) is 6.07 Å². The molecule has 4 heteroatoms. The van der Waals surface area contributed by atoms with E-state index in [9.17, 15) is 4.79 Å². The Morgan fingerprint density at radius 1 is 1.41 bits per heavy atom. The maximum atomic E-state index is 11.0. The van der Waals surface area contributed by atoms with E-state index < -0.39 is 12.0 Å². The van der Waals surface area contributed by atoms with Crippen LogP contribution in [0.3, 0.4) is 0 Å². The smallest absolute Gasteiger partial charge is 0.322 e. The second-order valence-electron chi connectivity index (χ2n) is 4.53. The minimum Gasteiger partial charge on any atom is -0.480 e. The number of carboxylic acids is 1. The van der Waals surface area contributed by atoms with Gasteiger partial charge in [-0.2, -0.15) is 0 Å². The molecule has 0 spiro atoms. The summed E-state index contributed by atoms with van der Waals surface area (Å²) in [6.45, 7) is 6.24. The van der Waals surface area contributed by atoms with Gasteiger partial charge in [-0.15, -0.1) is 0 Å². The summed E-state index contributed by atoms with van der Waals surface area (Å²) in [6.07, 6.45) is 0. The van der Waals surface area contributed by atoms with Crippen LogP contribution >= 0.6 is 0 Å². The highest BCUT2D eigenvalue weighted by Gasteiger charge is 2.26. The van der Waals surface area contributed by atoms with E-state index in [0.29, 0.717) is 13.1 Å². The number of hydrogen-bond acceptors (Lipinski definition) is 3. The first kappa shape index (κ1) is 11.9. The fourth-order valence-corrected chi connectivity index (χ4v) is 2.42. The summed E-state index contributed by atoms with van der Waals surface area (Å²) in [7, 11) is 0. The van der Waals surface area contributed by atoms with Crippen LogP contribution in [0.4, 0.5) is 5.69 Å². The Morgan fingerprint density at radius 3 is 2.65 bits per heavy atom. The monoisotopic (exact) mass is 234 g/mol. The van der Waals surface area contributed by atoms with Gasteiger partial charge in [-0.1, -0.05) is 18.2 Å². The lowest BCUT2D eigenvalue weighted by Gasteiger charge is -2.35. The molecular weight excluding hydrogens is 216 g/mol. The lowest BCUT2D eigenvalue weighted by Crippen LogP contribution is -2.54. The molecule has 2 rings (SSSR count). The number of para-hydroxylation sites is 1. The maximum absolute atomic E-state index is 11.0. The van der Waals surface area contributed by atoms with E-state index >= 15 is 0 Å². The van der Waals surface area contributed by atoms with Gasteiger partial charge in [0.05, 0.1) is 0 Å². The van der Waals surface area contributed by atoms with Gasteiger partial charge in [0.25, 0.3) is 0 Å². The summed E-state index contributed by atoms with van der Waals surface area (Å²) >= 11 is 0. The first-order valence-electron chi connectivity index (χ1n) is 5.87. The van der Waals surface area contributed by atoms with Crippen molar-refractivity contribution in [3.05, 3.63) is 29.3 Å². The molecule has 1 atom stereocenters. The van der Waals surface area contributed by atoms with E-state index in [-0.39, 0.29) is 0 Å². The van der Waals surface area contributed by atoms with Crippen molar-refractivity contribution in [1.82, 2.24) is 5.32 Å². The first-order valence-corrected chi connectivity index (χ1v) is 5.87. The quantitative estimate of drug-likeness (QED) is 0.806. The van der Waals surface area contributed by atoms with Crippen LogP contribution in [0.25, 0.3) is 0 Å². The molecule has 92 valence electrons. The van der Waals surface area contributed by atoms with Crippen molar-refractivity contribution >= 4 is 11.7 Å². The second kappa shape index (κ2) is 4.75. The molecule has 0 radical (unpaired) electrons. The van der Waals surface area contributed by atoms with Gasteiger partial charge in [0.2, 0.25) is 0 Å². The number of benzene rings is 1. The number of anilines is 1. The number of carboxylic acid groups (broad SMARTS) is 1. The molecule has 1 fully saturated rings. The number of hydrogen-bond donors (Lipinski definition) is 2. The van der Waals surface area contributed by atoms with Crippen molar-refractivity contribution in [1.29, 1.82) is 0 Å². The fourth-order valence-electron chi connectivity index (χ4n) is 2.42. The Labute approximate surface area is 101 Å². The lowest BCUT2D eigenvalue weighted by atomic mass is 10.1. The van der Waals surface area contributed by atoms with Crippen molar-refractivity contribution in [3.63, 3.8) is 0 Å². The van der Waals surface area contributed by atoms with Crippen molar-refractivity contribution in [3.8, 4) is 0 Å². The summed E-state index contributed by atoms with van der Waals surface area (Å²) in [6, 6.07) is 5.70. The van der Waals surface area contributed by atoms with Crippen LogP contribution in [0.15, 0.2) is 18.2 Å². The van der Waals surface area contributed by atoms with Crippen molar-refractivity contribution in [2.45, 2.75) is 19.9 Å². The molecule has 4 nitrogen and oxygen atoms in total. The van der Waals surface area contributed by atoms with Gasteiger partial charge in [-0.25, -0.2) is 0 Å². The van der Waals surface area contributed by atoms with E-state index in [0.717, 1.165) is 6.54 Å². The SMILES string of the molecule is Cc1cccc(C)c1N1CCNC(C(=O)O)C1. The molecule has 1 aliphatic rings. The van der Waals surface area contributed by atoms with Crippen molar-refractivity contribution in [2.75, 3.05) is 24.5 Å². The number of aryl methyl sites for hydroxylation is 2. The molecule has 0 amide bonds. The zero-order valence-electron chi connectivity index (χ0n) is 10.2. The number of nitrogens with one attached hydrogen (secondary N) is 1. The molecule has 0 saturated carbocycles. The van der Waals surface area contributed by atoms with Gasteiger partial charge < -0.3 is 15.3 Å². The third-order valence-corrected chi connectivity index (χ3v) is 3.23. The molecule has 1 aliphatic heterocycles. The highest BCUT2D eigenvalue weighted by Crippen LogP contribution is 2.25. The van der Waals surface area contributed by atoms with Crippen LogP contribution in [0.2, 0.25) is 0 Å². The highest BCUT2D eigenvalue weighted by molar-refractivity contribution is 5.75. The second-order valence-corrected chi connectivity index (χ2v) is 4.53. The van der Waals surface area contributed by atoms with Gasteiger partial charge in [0, 0.05) is 25.3 Å². The first-order chi connectivity index (χ1) is 8.09. The zero-order chi connectivity index (χ0) is 12.4. The maximum Gasteiger partial charge on any atom is 0.322 e. The molecule has 0 aliphatic carbocycles. The Balaban J connectivity index is 2.25. The van der Waals surface area contributed by atoms with Crippen LogP contribution in [0, 0.1) is 13.8 Å². The molecule has 1 heterocycles. The number of rotatable bonds is 2. The summed E-state index contributed by atoms with van der Waals surface area (Å²) in [5.41, 5.74) is 3.59. The normalized spacial score (nSPS) is 20.4. The van der Waals surface area contributed by atoms with Gasteiger partial charge >= 0.3 is 5.97 Å². The largest absolute Gasteiger partial charge is 0.480 e. The van der Waals surface area contributed by atoms with E-state index in [1.165, 1.54) is 16.8 Å². The predicted octanol–water partition coefficient (Wildman–Crippen LogP) is 1.17. The molecule has 1 saturated heterocycles.